The zero-order valence-electron chi connectivity index (χ0n) is 19.3. The van der Waals surface area contributed by atoms with Crippen LogP contribution in [0.15, 0.2) is 24.3 Å². The minimum absolute atomic E-state index is 0.591. The largest absolute Gasteiger partial charge is 0.491 e. The number of rotatable bonds is 21. The van der Waals surface area contributed by atoms with Gasteiger partial charge in [0.2, 0.25) is 0 Å². The van der Waals surface area contributed by atoms with Crippen molar-refractivity contribution in [3.05, 3.63) is 29.8 Å². The van der Waals surface area contributed by atoms with Gasteiger partial charge >= 0.3 is 0 Å². The fraction of sp³-hybridized carbons (Fsp3) is 0.769. The standard InChI is InChI=1S/C26H46O3/c1-3-5-7-9-10-11-13-15-25-16-18-26(19-17-25)29-24-23-28-22-21-27-20-14-12-8-6-4-2/h16-19H,3-15,20-24H2,1-2H3. The van der Waals surface area contributed by atoms with E-state index in [1.165, 1.54) is 82.6 Å². The Labute approximate surface area is 180 Å². The van der Waals surface area contributed by atoms with Gasteiger partial charge in [-0.1, -0.05) is 90.2 Å². The zero-order chi connectivity index (χ0) is 20.8. The predicted octanol–water partition coefficient (Wildman–Crippen LogP) is 7.36. The van der Waals surface area contributed by atoms with Gasteiger partial charge in [-0.25, -0.2) is 0 Å². The SMILES string of the molecule is CCCCCCCCCc1ccc(OCCOCCOCCCCCCC)cc1. The van der Waals surface area contributed by atoms with Gasteiger partial charge in [-0.2, -0.15) is 0 Å². The Hall–Kier alpha value is -1.06. The molecule has 3 heteroatoms. The molecule has 0 unspecified atom stereocenters. The van der Waals surface area contributed by atoms with Crippen molar-refractivity contribution >= 4 is 0 Å². The molecule has 0 N–H and O–H groups in total. The molecule has 0 radical (unpaired) electrons. The second kappa shape index (κ2) is 20.2. The number of unbranched alkanes of at least 4 members (excludes halogenated alkanes) is 10. The summed E-state index contributed by atoms with van der Waals surface area (Å²) >= 11 is 0. The highest BCUT2D eigenvalue weighted by molar-refractivity contribution is 5.27. The van der Waals surface area contributed by atoms with Crippen molar-refractivity contribution in [3.63, 3.8) is 0 Å². The number of hydrogen-bond donors (Lipinski definition) is 0. The highest BCUT2D eigenvalue weighted by Gasteiger charge is 1.98. The monoisotopic (exact) mass is 406 g/mol. The van der Waals surface area contributed by atoms with Crippen molar-refractivity contribution < 1.29 is 14.2 Å². The van der Waals surface area contributed by atoms with Gasteiger partial charge in [0.1, 0.15) is 12.4 Å². The van der Waals surface area contributed by atoms with Crippen LogP contribution in [-0.2, 0) is 15.9 Å². The molecule has 0 atom stereocenters. The van der Waals surface area contributed by atoms with Crippen molar-refractivity contribution in [2.75, 3.05) is 33.0 Å². The molecule has 1 aromatic carbocycles. The van der Waals surface area contributed by atoms with Crippen molar-refractivity contribution in [3.8, 4) is 5.75 Å². The van der Waals surface area contributed by atoms with Crippen LogP contribution in [0.3, 0.4) is 0 Å². The Bertz CT molecular complexity index is 444. The quantitative estimate of drug-likeness (QED) is 0.200. The lowest BCUT2D eigenvalue weighted by atomic mass is 10.0. The molecule has 0 saturated carbocycles. The average Bonchev–Trinajstić information content (AvgIpc) is 2.75. The molecule has 0 aromatic heterocycles. The normalized spacial score (nSPS) is 11.1. The molecule has 0 aliphatic carbocycles. The lowest BCUT2D eigenvalue weighted by Gasteiger charge is -2.09. The Morgan fingerprint density at radius 2 is 1.03 bits per heavy atom. The van der Waals surface area contributed by atoms with E-state index >= 15 is 0 Å². The van der Waals surface area contributed by atoms with E-state index in [2.05, 4.69) is 38.1 Å². The van der Waals surface area contributed by atoms with Crippen molar-refractivity contribution in [1.29, 1.82) is 0 Å². The molecule has 0 aliphatic rings. The fourth-order valence-electron chi connectivity index (χ4n) is 3.39. The summed E-state index contributed by atoms with van der Waals surface area (Å²) in [7, 11) is 0. The van der Waals surface area contributed by atoms with Crippen molar-refractivity contribution in [1.82, 2.24) is 0 Å². The molecule has 0 saturated heterocycles. The maximum absolute atomic E-state index is 5.76. The van der Waals surface area contributed by atoms with Crippen LogP contribution in [0, 0.1) is 0 Å². The van der Waals surface area contributed by atoms with Gasteiger partial charge < -0.3 is 14.2 Å². The molecule has 1 rings (SSSR count). The van der Waals surface area contributed by atoms with Crippen LogP contribution in [0.5, 0.6) is 5.75 Å². The summed E-state index contributed by atoms with van der Waals surface area (Å²) in [4.78, 5) is 0. The van der Waals surface area contributed by atoms with Gasteiger partial charge in [-0.05, 0) is 37.0 Å². The van der Waals surface area contributed by atoms with Crippen LogP contribution in [0.25, 0.3) is 0 Å². The van der Waals surface area contributed by atoms with E-state index in [1.54, 1.807) is 0 Å². The van der Waals surface area contributed by atoms with Crippen molar-refractivity contribution in [2.24, 2.45) is 0 Å². The third-order valence-electron chi connectivity index (χ3n) is 5.25. The molecule has 0 fully saturated rings. The molecule has 29 heavy (non-hydrogen) atoms. The molecule has 3 nitrogen and oxygen atoms in total. The van der Waals surface area contributed by atoms with E-state index in [1.807, 2.05) is 0 Å². The molecular formula is C26H46O3. The minimum atomic E-state index is 0.591. The first-order valence-electron chi connectivity index (χ1n) is 12.2. The first kappa shape index (κ1) is 26.0. The Morgan fingerprint density at radius 1 is 0.517 bits per heavy atom. The average molecular weight is 407 g/mol. The number of benzene rings is 1. The van der Waals surface area contributed by atoms with Crippen LogP contribution in [0.1, 0.15) is 96.5 Å². The van der Waals surface area contributed by atoms with Crippen LogP contribution in [-0.4, -0.2) is 33.0 Å². The second-order valence-corrected chi connectivity index (χ2v) is 8.00. The van der Waals surface area contributed by atoms with E-state index in [9.17, 15) is 0 Å². The zero-order valence-corrected chi connectivity index (χ0v) is 19.3. The smallest absolute Gasteiger partial charge is 0.119 e. The Balaban J connectivity index is 1.91. The van der Waals surface area contributed by atoms with Crippen LogP contribution >= 0.6 is 0 Å². The Morgan fingerprint density at radius 3 is 1.69 bits per heavy atom. The number of ether oxygens (including phenoxy) is 3. The lowest BCUT2D eigenvalue weighted by Crippen LogP contribution is -2.11. The van der Waals surface area contributed by atoms with Gasteiger partial charge in [0, 0.05) is 6.61 Å². The maximum atomic E-state index is 5.76. The number of hydrogen-bond acceptors (Lipinski definition) is 3. The summed E-state index contributed by atoms with van der Waals surface area (Å²) in [6, 6.07) is 8.56. The molecule has 168 valence electrons. The first-order valence-corrected chi connectivity index (χ1v) is 12.2. The topological polar surface area (TPSA) is 27.7 Å². The highest BCUT2D eigenvalue weighted by Crippen LogP contribution is 2.15. The van der Waals surface area contributed by atoms with Crippen molar-refractivity contribution in [2.45, 2.75) is 97.3 Å². The van der Waals surface area contributed by atoms with Gasteiger partial charge in [0.05, 0.1) is 19.8 Å². The second-order valence-electron chi connectivity index (χ2n) is 8.00. The van der Waals surface area contributed by atoms with E-state index in [0.29, 0.717) is 26.4 Å². The van der Waals surface area contributed by atoms with E-state index in [-0.39, 0.29) is 0 Å². The summed E-state index contributed by atoms with van der Waals surface area (Å²) in [5.41, 5.74) is 1.41. The Kier molecular flexibility index (Phi) is 18.1. The summed E-state index contributed by atoms with van der Waals surface area (Å²) in [6.45, 7) is 7.90. The molecule has 0 amide bonds. The minimum Gasteiger partial charge on any atom is -0.491 e. The van der Waals surface area contributed by atoms with Gasteiger partial charge in [-0.15, -0.1) is 0 Å². The molecule has 0 spiro atoms. The molecule has 0 aliphatic heterocycles. The maximum Gasteiger partial charge on any atom is 0.119 e. The summed E-state index contributed by atoms with van der Waals surface area (Å²) in [5, 5.41) is 0. The first-order chi connectivity index (χ1) is 14.4. The molecule has 0 bridgehead atoms. The third kappa shape index (κ3) is 16.4. The number of aryl methyl sites for hydroxylation is 1. The van der Waals surface area contributed by atoms with Gasteiger partial charge in [0.15, 0.2) is 0 Å². The molecule has 0 heterocycles. The fourth-order valence-corrected chi connectivity index (χ4v) is 3.39. The third-order valence-corrected chi connectivity index (χ3v) is 5.25. The van der Waals surface area contributed by atoms with Crippen LogP contribution in [0.4, 0.5) is 0 Å². The van der Waals surface area contributed by atoms with E-state index in [0.717, 1.165) is 18.8 Å². The van der Waals surface area contributed by atoms with Gasteiger partial charge in [-0.3, -0.25) is 0 Å². The molecular weight excluding hydrogens is 360 g/mol. The van der Waals surface area contributed by atoms with Gasteiger partial charge in [0.25, 0.3) is 0 Å². The highest BCUT2D eigenvalue weighted by atomic mass is 16.5. The summed E-state index contributed by atoms with van der Waals surface area (Å²) in [5.74, 6) is 0.931. The summed E-state index contributed by atoms with van der Waals surface area (Å²) < 4.78 is 16.9. The predicted molar refractivity (Wildman–Crippen MR) is 124 cm³/mol. The summed E-state index contributed by atoms with van der Waals surface area (Å²) in [6.07, 6.45) is 17.1. The van der Waals surface area contributed by atoms with Crippen LogP contribution in [0.2, 0.25) is 0 Å². The lowest BCUT2D eigenvalue weighted by molar-refractivity contribution is 0.0352. The van der Waals surface area contributed by atoms with E-state index in [4.69, 9.17) is 14.2 Å². The van der Waals surface area contributed by atoms with E-state index < -0.39 is 0 Å². The molecule has 1 aromatic rings. The van der Waals surface area contributed by atoms with Crippen LogP contribution < -0.4 is 4.74 Å².